The molecule has 0 aliphatic carbocycles. The second kappa shape index (κ2) is 7.63. The molecule has 0 radical (unpaired) electrons. The molecule has 1 aliphatic heterocycles. The van der Waals surface area contributed by atoms with E-state index >= 15 is 0 Å². The second-order valence-corrected chi connectivity index (χ2v) is 6.09. The van der Waals surface area contributed by atoms with E-state index in [1.54, 1.807) is 7.11 Å². The highest BCUT2D eigenvalue weighted by Gasteiger charge is 2.18. The third-order valence-electron chi connectivity index (χ3n) is 3.71. The molecule has 1 unspecified atom stereocenters. The first-order valence-electron chi connectivity index (χ1n) is 7.29. The molecule has 0 aromatic heterocycles. The van der Waals surface area contributed by atoms with Gasteiger partial charge in [-0.2, -0.15) is 0 Å². The molecule has 1 heterocycles. The number of ether oxygens (including phenoxy) is 1. The van der Waals surface area contributed by atoms with Gasteiger partial charge in [-0.1, -0.05) is 35.7 Å². The lowest BCUT2D eigenvalue weighted by atomic mass is 9.96. The van der Waals surface area contributed by atoms with Crippen LogP contribution in [0.2, 0.25) is 0 Å². The molecule has 0 N–H and O–H groups in total. The first kappa shape index (κ1) is 15.3. The van der Waals surface area contributed by atoms with E-state index in [1.165, 1.54) is 30.4 Å². The summed E-state index contributed by atoms with van der Waals surface area (Å²) in [6.07, 6.45) is 10.0. The number of methoxy groups -OCH3 is 1. The van der Waals surface area contributed by atoms with Gasteiger partial charge in [0.1, 0.15) is 5.75 Å². The number of nitrogens with zero attached hydrogens (tertiary/aromatic N) is 1. The smallest absolute Gasteiger partial charge is 0.122 e. The number of aliphatic imine (C=N–C) groups is 1. The van der Waals surface area contributed by atoms with Crippen molar-refractivity contribution in [1.29, 1.82) is 0 Å². The molecular formula is C17H22BrNO. The van der Waals surface area contributed by atoms with Crippen molar-refractivity contribution in [3.8, 4) is 5.75 Å². The van der Waals surface area contributed by atoms with Crippen LogP contribution in [0, 0.1) is 0 Å². The highest BCUT2D eigenvalue weighted by Crippen LogP contribution is 2.28. The molecule has 2 rings (SSSR count). The molecule has 0 saturated carbocycles. The summed E-state index contributed by atoms with van der Waals surface area (Å²) in [5.41, 5.74) is 2.67. The molecule has 0 amide bonds. The largest absolute Gasteiger partial charge is 0.496 e. The topological polar surface area (TPSA) is 21.6 Å². The Morgan fingerprint density at radius 1 is 1.30 bits per heavy atom. The lowest BCUT2D eigenvalue weighted by molar-refractivity contribution is 0.408. The molecule has 0 spiro atoms. The highest BCUT2D eigenvalue weighted by atomic mass is 79.9. The van der Waals surface area contributed by atoms with Crippen molar-refractivity contribution < 1.29 is 4.74 Å². The number of hydrogen-bond donors (Lipinski definition) is 0. The van der Waals surface area contributed by atoms with Gasteiger partial charge in [-0.15, -0.1) is 0 Å². The van der Waals surface area contributed by atoms with E-state index in [1.807, 2.05) is 18.3 Å². The molecule has 20 heavy (non-hydrogen) atoms. The molecule has 108 valence electrons. The van der Waals surface area contributed by atoms with Crippen molar-refractivity contribution in [2.75, 3.05) is 7.11 Å². The Hall–Kier alpha value is -1.09. The summed E-state index contributed by atoms with van der Waals surface area (Å²) >= 11 is 3.53. The van der Waals surface area contributed by atoms with E-state index in [2.05, 4.69) is 40.0 Å². The van der Waals surface area contributed by atoms with Crippen molar-refractivity contribution in [2.45, 2.75) is 45.1 Å². The maximum absolute atomic E-state index is 5.45. The number of rotatable bonds is 7. The van der Waals surface area contributed by atoms with Crippen LogP contribution >= 0.6 is 15.9 Å². The van der Waals surface area contributed by atoms with Crippen LogP contribution in [0.15, 0.2) is 39.3 Å². The minimum absolute atomic E-state index is 0.287. The summed E-state index contributed by atoms with van der Waals surface area (Å²) in [5.74, 6) is 0.947. The molecule has 2 nitrogen and oxygen atoms in total. The van der Waals surface area contributed by atoms with Crippen LogP contribution in [-0.4, -0.2) is 19.4 Å². The lowest BCUT2D eigenvalue weighted by Crippen LogP contribution is -2.10. The molecule has 0 bridgehead atoms. The quantitative estimate of drug-likeness (QED) is 0.645. The van der Waals surface area contributed by atoms with Crippen molar-refractivity contribution in [2.24, 2.45) is 4.99 Å². The Morgan fingerprint density at radius 3 is 2.90 bits per heavy atom. The summed E-state index contributed by atoms with van der Waals surface area (Å²) in [6, 6.07) is 6.45. The average molecular weight is 336 g/mol. The molecule has 1 aromatic carbocycles. The van der Waals surface area contributed by atoms with Crippen LogP contribution in [0.1, 0.15) is 38.2 Å². The van der Waals surface area contributed by atoms with Gasteiger partial charge in [-0.25, -0.2) is 0 Å². The van der Waals surface area contributed by atoms with Crippen LogP contribution in [0.3, 0.4) is 0 Å². The van der Waals surface area contributed by atoms with E-state index in [0.717, 1.165) is 23.1 Å². The fourth-order valence-electron chi connectivity index (χ4n) is 2.58. The van der Waals surface area contributed by atoms with Crippen LogP contribution in [-0.2, 0) is 6.42 Å². The van der Waals surface area contributed by atoms with Gasteiger partial charge in [-0.05, 0) is 48.3 Å². The maximum atomic E-state index is 5.45. The van der Waals surface area contributed by atoms with Gasteiger partial charge < -0.3 is 4.74 Å². The zero-order valence-corrected chi connectivity index (χ0v) is 13.8. The molecule has 3 heteroatoms. The molecule has 0 fully saturated rings. The Bertz CT molecular complexity index is 508. The normalized spacial score (nSPS) is 17.4. The minimum Gasteiger partial charge on any atom is -0.496 e. The second-order valence-electron chi connectivity index (χ2n) is 5.17. The van der Waals surface area contributed by atoms with Gasteiger partial charge in [0.2, 0.25) is 0 Å². The predicted molar refractivity (Wildman–Crippen MR) is 88.9 cm³/mol. The van der Waals surface area contributed by atoms with Gasteiger partial charge >= 0.3 is 0 Å². The lowest BCUT2D eigenvalue weighted by Gasteiger charge is -2.15. The molecule has 1 atom stereocenters. The summed E-state index contributed by atoms with van der Waals surface area (Å²) in [6.45, 7) is 2.24. The van der Waals surface area contributed by atoms with E-state index in [4.69, 9.17) is 4.74 Å². The zero-order valence-electron chi connectivity index (χ0n) is 12.2. The Balaban J connectivity index is 2.04. The van der Waals surface area contributed by atoms with Crippen LogP contribution in [0.5, 0.6) is 5.75 Å². The molecule has 0 saturated heterocycles. The Morgan fingerprint density at radius 2 is 2.15 bits per heavy atom. The number of unbranched alkanes of at least 4 members (excludes halogenated alkanes) is 2. The maximum Gasteiger partial charge on any atom is 0.122 e. The predicted octanol–water partition coefficient (Wildman–Crippen LogP) is 4.96. The van der Waals surface area contributed by atoms with E-state index < -0.39 is 0 Å². The van der Waals surface area contributed by atoms with Crippen molar-refractivity contribution in [3.63, 3.8) is 0 Å². The summed E-state index contributed by atoms with van der Waals surface area (Å²) in [5, 5.41) is 0. The molecular weight excluding hydrogens is 314 g/mol. The van der Waals surface area contributed by atoms with Crippen molar-refractivity contribution in [1.82, 2.24) is 0 Å². The SMILES string of the molecule is CCCCCC1=CC=NC1Cc1cc(Br)ccc1OC. The molecule has 1 aliphatic rings. The third-order valence-corrected chi connectivity index (χ3v) is 4.20. The van der Waals surface area contributed by atoms with Crippen molar-refractivity contribution in [3.05, 3.63) is 39.9 Å². The third kappa shape index (κ3) is 3.95. The van der Waals surface area contributed by atoms with E-state index in [0.29, 0.717) is 0 Å². The first-order valence-corrected chi connectivity index (χ1v) is 8.08. The van der Waals surface area contributed by atoms with Gasteiger partial charge in [0.05, 0.1) is 13.2 Å². The highest BCUT2D eigenvalue weighted by molar-refractivity contribution is 9.10. The first-order chi connectivity index (χ1) is 9.74. The summed E-state index contributed by atoms with van der Waals surface area (Å²) < 4.78 is 6.54. The van der Waals surface area contributed by atoms with Crippen molar-refractivity contribution >= 4 is 22.1 Å². The van der Waals surface area contributed by atoms with E-state index in [9.17, 15) is 0 Å². The molecule has 1 aromatic rings. The Kier molecular flexibility index (Phi) is 5.84. The van der Waals surface area contributed by atoms with Gasteiger partial charge in [0, 0.05) is 17.1 Å². The number of benzene rings is 1. The van der Waals surface area contributed by atoms with Gasteiger partial charge in [0.25, 0.3) is 0 Å². The fourth-order valence-corrected chi connectivity index (χ4v) is 2.99. The summed E-state index contributed by atoms with van der Waals surface area (Å²) in [4.78, 5) is 4.61. The van der Waals surface area contributed by atoms with E-state index in [-0.39, 0.29) is 6.04 Å². The zero-order chi connectivity index (χ0) is 14.4. The van der Waals surface area contributed by atoms with Gasteiger partial charge in [0.15, 0.2) is 0 Å². The standard InChI is InChI=1S/C17H22BrNO/c1-3-4-5-6-13-9-10-19-16(13)12-14-11-15(18)7-8-17(14)20-2/h7-11,16H,3-6,12H2,1-2H3. The average Bonchev–Trinajstić information content (AvgIpc) is 2.87. The Labute approximate surface area is 130 Å². The monoisotopic (exact) mass is 335 g/mol. The minimum atomic E-state index is 0.287. The van der Waals surface area contributed by atoms with Gasteiger partial charge in [-0.3, -0.25) is 4.99 Å². The number of allylic oxidation sites excluding steroid dienone is 1. The fraction of sp³-hybridized carbons (Fsp3) is 0.471. The summed E-state index contributed by atoms with van der Waals surface area (Å²) in [7, 11) is 1.72. The van der Waals surface area contributed by atoms with Crippen LogP contribution in [0.4, 0.5) is 0 Å². The van der Waals surface area contributed by atoms with Crippen LogP contribution in [0.25, 0.3) is 0 Å². The number of halogens is 1. The number of hydrogen-bond acceptors (Lipinski definition) is 2. The van der Waals surface area contributed by atoms with Crippen LogP contribution < -0.4 is 4.74 Å².